The molecule has 0 unspecified atom stereocenters. The summed E-state index contributed by atoms with van der Waals surface area (Å²) in [5, 5.41) is 3.12. The van der Waals surface area contributed by atoms with E-state index in [2.05, 4.69) is 15.3 Å². The molecule has 0 atom stereocenters. The minimum Gasteiger partial charge on any atom is -0.363 e. The first-order chi connectivity index (χ1) is 9.47. The van der Waals surface area contributed by atoms with E-state index in [1.807, 2.05) is 19.0 Å². The highest BCUT2D eigenvalue weighted by Crippen LogP contribution is 2.19. The molecule has 0 saturated carbocycles. The quantitative estimate of drug-likeness (QED) is 0.885. The van der Waals surface area contributed by atoms with Crippen molar-refractivity contribution in [2.24, 2.45) is 0 Å². The number of hydrogen-bond acceptors (Lipinski definition) is 4. The number of amides is 1. The Labute approximate surface area is 126 Å². The molecule has 1 amide bonds. The highest BCUT2D eigenvalue weighted by Gasteiger charge is 2.13. The third-order valence-electron chi connectivity index (χ3n) is 2.49. The minimum atomic E-state index is -0.433. The molecule has 5 nitrogen and oxygen atoms in total. The number of carbonyl (C=O) groups is 1. The van der Waals surface area contributed by atoms with Gasteiger partial charge in [-0.1, -0.05) is 23.2 Å². The Bertz CT molecular complexity index is 629. The molecule has 104 valence electrons. The predicted molar refractivity (Wildman–Crippen MR) is 80.8 cm³/mol. The van der Waals surface area contributed by atoms with Crippen LogP contribution in [0.5, 0.6) is 0 Å². The Morgan fingerprint density at radius 1 is 1.20 bits per heavy atom. The van der Waals surface area contributed by atoms with Gasteiger partial charge >= 0.3 is 0 Å². The monoisotopic (exact) mass is 310 g/mol. The second-order valence-electron chi connectivity index (χ2n) is 4.22. The standard InChI is InChI=1S/C13H12Cl2N4O/c1-19(2)11-6-3-8(7-16-11)17-13(20)12-9(14)4-5-10(15)18-12/h3-7H,1-2H3,(H,17,20). The molecule has 0 radical (unpaired) electrons. The van der Waals surface area contributed by atoms with E-state index in [1.165, 1.54) is 12.1 Å². The van der Waals surface area contributed by atoms with Gasteiger partial charge in [-0.05, 0) is 24.3 Å². The van der Waals surface area contributed by atoms with E-state index in [0.29, 0.717) is 5.69 Å². The number of nitrogens with zero attached hydrogens (tertiary/aromatic N) is 3. The SMILES string of the molecule is CN(C)c1ccc(NC(=O)c2nc(Cl)ccc2Cl)cn1. The van der Waals surface area contributed by atoms with Crippen LogP contribution in [0, 0.1) is 0 Å². The van der Waals surface area contributed by atoms with Crippen LogP contribution in [0.4, 0.5) is 11.5 Å². The summed E-state index contributed by atoms with van der Waals surface area (Å²) in [6, 6.07) is 6.59. The van der Waals surface area contributed by atoms with Gasteiger partial charge < -0.3 is 10.2 Å². The number of anilines is 2. The van der Waals surface area contributed by atoms with Crippen molar-refractivity contribution in [2.45, 2.75) is 0 Å². The van der Waals surface area contributed by atoms with Gasteiger partial charge in [0.15, 0.2) is 0 Å². The fourth-order valence-corrected chi connectivity index (χ4v) is 1.83. The number of carbonyl (C=O) groups excluding carboxylic acids is 1. The van der Waals surface area contributed by atoms with Crippen molar-refractivity contribution in [2.75, 3.05) is 24.3 Å². The van der Waals surface area contributed by atoms with Gasteiger partial charge in [0, 0.05) is 14.1 Å². The molecule has 20 heavy (non-hydrogen) atoms. The fraction of sp³-hybridized carbons (Fsp3) is 0.154. The zero-order chi connectivity index (χ0) is 14.7. The molecule has 2 aromatic rings. The number of pyridine rings is 2. The summed E-state index contributed by atoms with van der Waals surface area (Å²) in [6.07, 6.45) is 1.56. The van der Waals surface area contributed by atoms with E-state index in [4.69, 9.17) is 23.2 Å². The van der Waals surface area contributed by atoms with Crippen LogP contribution >= 0.6 is 23.2 Å². The molecule has 2 rings (SSSR count). The summed E-state index contributed by atoms with van der Waals surface area (Å²) >= 11 is 11.7. The van der Waals surface area contributed by atoms with Gasteiger partial charge in [-0.3, -0.25) is 4.79 Å². The lowest BCUT2D eigenvalue weighted by molar-refractivity contribution is 0.102. The largest absolute Gasteiger partial charge is 0.363 e. The van der Waals surface area contributed by atoms with Gasteiger partial charge in [-0.15, -0.1) is 0 Å². The van der Waals surface area contributed by atoms with Gasteiger partial charge in [-0.25, -0.2) is 9.97 Å². The molecule has 0 fully saturated rings. The van der Waals surface area contributed by atoms with Crippen LogP contribution in [0.2, 0.25) is 10.2 Å². The Morgan fingerprint density at radius 2 is 1.95 bits per heavy atom. The molecule has 0 aliphatic carbocycles. The molecule has 0 spiro atoms. The van der Waals surface area contributed by atoms with Gasteiger partial charge in [0.25, 0.3) is 5.91 Å². The second kappa shape index (κ2) is 6.07. The summed E-state index contributed by atoms with van der Waals surface area (Å²) in [7, 11) is 3.77. The molecule has 7 heteroatoms. The first kappa shape index (κ1) is 14.6. The zero-order valence-corrected chi connectivity index (χ0v) is 12.4. The highest BCUT2D eigenvalue weighted by molar-refractivity contribution is 6.35. The molecular weight excluding hydrogens is 299 g/mol. The lowest BCUT2D eigenvalue weighted by atomic mass is 10.3. The fourth-order valence-electron chi connectivity index (χ4n) is 1.49. The minimum absolute atomic E-state index is 0.0795. The summed E-state index contributed by atoms with van der Waals surface area (Å²) in [4.78, 5) is 22.0. The third-order valence-corrected chi connectivity index (χ3v) is 3.01. The average molecular weight is 311 g/mol. The van der Waals surface area contributed by atoms with Gasteiger partial charge in [0.1, 0.15) is 16.7 Å². The van der Waals surface area contributed by atoms with E-state index in [-0.39, 0.29) is 15.9 Å². The molecule has 0 aromatic carbocycles. The van der Waals surface area contributed by atoms with Crippen molar-refractivity contribution in [3.8, 4) is 0 Å². The molecule has 0 aliphatic rings. The summed E-state index contributed by atoms with van der Waals surface area (Å²) in [5.41, 5.74) is 0.634. The maximum absolute atomic E-state index is 12.1. The maximum atomic E-state index is 12.1. The number of rotatable bonds is 3. The number of nitrogens with one attached hydrogen (secondary N) is 1. The van der Waals surface area contributed by atoms with Crippen molar-refractivity contribution in [3.63, 3.8) is 0 Å². The average Bonchev–Trinajstić information content (AvgIpc) is 2.42. The van der Waals surface area contributed by atoms with Crippen LogP contribution in [0.15, 0.2) is 30.5 Å². The summed E-state index contributed by atoms with van der Waals surface area (Å²) in [5.74, 6) is 0.360. The summed E-state index contributed by atoms with van der Waals surface area (Å²) < 4.78 is 0. The zero-order valence-electron chi connectivity index (χ0n) is 10.9. The third kappa shape index (κ3) is 3.37. The Balaban J connectivity index is 2.17. The van der Waals surface area contributed by atoms with E-state index in [0.717, 1.165) is 5.82 Å². The van der Waals surface area contributed by atoms with Crippen LogP contribution < -0.4 is 10.2 Å². The molecule has 0 aliphatic heterocycles. The Kier molecular flexibility index (Phi) is 4.42. The normalized spacial score (nSPS) is 10.2. The van der Waals surface area contributed by atoms with Crippen LogP contribution in [-0.4, -0.2) is 30.0 Å². The second-order valence-corrected chi connectivity index (χ2v) is 5.01. The van der Waals surface area contributed by atoms with E-state index in [1.54, 1.807) is 18.3 Å². The molecule has 1 N–H and O–H groups in total. The molecule has 2 aromatic heterocycles. The maximum Gasteiger partial charge on any atom is 0.275 e. The predicted octanol–water partition coefficient (Wildman–Crippen LogP) is 3.10. The molecular formula is C13H12Cl2N4O. The topological polar surface area (TPSA) is 58.1 Å². The number of halogens is 2. The first-order valence-corrected chi connectivity index (χ1v) is 6.50. The van der Waals surface area contributed by atoms with Gasteiger partial charge in [0.2, 0.25) is 0 Å². The van der Waals surface area contributed by atoms with E-state index < -0.39 is 5.91 Å². The van der Waals surface area contributed by atoms with Crippen LogP contribution in [0.3, 0.4) is 0 Å². The molecule has 2 heterocycles. The lowest BCUT2D eigenvalue weighted by Crippen LogP contribution is -2.15. The number of aromatic nitrogens is 2. The van der Waals surface area contributed by atoms with E-state index >= 15 is 0 Å². The van der Waals surface area contributed by atoms with Crippen LogP contribution in [-0.2, 0) is 0 Å². The van der Waals surface area contributed by atoms with Crippen LogP contribution in [0.25, 0.3) is 0 Å². The number of hydrogen-bond donors (Lipinski definition) is 1. The Hall–Kier alpha value is -1.85. The first-order valence-electron chi connectivity index (χ1n) is 5.74. The molecule has 0 saturated heterocycles. The Morgan fingerprint density at radius 3 is 2.55 bits per heavy atom. The van der Waals surface area contributed by atoms with Crippen molar-refractivity contribution < 1.29 is 4.79 Å². The van der Waals surface area contributed by atoms with Gasteiger partial charge in [0.05, 0.1) is 16.9 Å². The summed E-state index contributed by atoms with van der Waals surface area (Å²) in [6.45, 7) is 0. The smallest absolute Gasteiger partial charge is 0.275 e. The van der Waals surface area contributed by atoms with E-state index in [9.17, 15) is 4.79 Å². The van der Waals surface area contributed by atoms with Gasteiger partial charge in [-0.2, -0.15) is 0 Å². The lowest BCUT2D eigenvalue weighted by Gasteiger charge is -2.11. The van der Waals surface area contributed by atoms with Crippen molar-refractivity contribution in [1.82, 2.24) is 9.97 Å². The van der Waals surface area contributed by atoms with Crippen molar-refractivity contribution in [3.05, 3.63) is 46.3 Å². The van der Waals surface area contributed by atoms with Crippen molar-refractivity contribution in [1.29, 1.82) is 0 Å². The van der Waals surface area contributed by atoms with Crippen LogP contribution in [0.1, 0.15) is 10.5 Å². The molecule has 0 bridgehead atoms. The highest BCUT2D eigenvalue weighted by atomic mass is 35.5. The van der Waals surface area contributed by atoms with Crippen molar-refractivity contribution >= 4 is 40.6 Å².